The summed E-state index contributed by atoms with van der Waals surface area (Å²) in [7, 11) is 1.74. The fourth-order valence-electron chi connectivity index (χ4n) is 1.04. The van der Waals surface area contributed by atoms with E-state index in [4.69, 9.17) is 9.47 Å². The normalized spacial score (nSPS) is 24.3. The monoisotopic (exact) mass is 159 g/mol. The molecule has 1 heterocycles. The van der Waals surface area contributed by atoms with E-state index in [1.165, 1.54) is 0 Å². The summed E-state index contributed by atoms with van der Waals surface area (Å²) in [5.74, 6) is 0. The van der Waals surface area contributed by atoms with E-state index in [1.807, 2.05) is 0 Å². The highest BCUT2D eigenvalue weighted by atomic mass is 16.5. The molecule has 0 radical (unpaired) electrons. The average molecular weight is 159 g/mol. The minimum atomic E-state index is 0.274. The summed E-state index contributed by atoms with van der Waals surface area (Å²) in [6.07, 6.45) is 0.274. The van der Waals surface area contributed by atoms with Crippen LogP contribution in [-0.4, -0.2) is 38.5 Å². The Kier molecular flexibility index (Phi) is 3.30. The fourth-order valence-corrected chi connectivity index (χ4v) is 1.04. The molecular weight excluding hydrogens is 142 g/mol. The molecule has 0 aromatic carbocycles. The number of nitrogens with one attached hydrogen (secondary N) is 1. The largest absolute Gasteiger partial charge is 0.380 e. The Balaban J connectivity index is 2.13. The SMILES string of the molecule is COC(C)C(C)NC1COC1. The van der Waals surface area contributed by atoms with E-state index in [9.17, 15) is 0 Å². The van der Waals surface area contributed by atoms with Gasteiger partial charge in [-0.1, -0.05) is 0 Å². The smallest absolute Gasteiger partial charge is 0.0693 e. The molecule has 0 aromatic heterocycles. The number of ether oxygens (including phenoxy) is 2. The van der Waals surface area contributed by atoms with Crippen molar-refractivity contribution in [3.63, 3.8) is 0 Å². The Labute approximate surface area is 68.1 Å². The van der Waals surface area contributed by atoms with Crippen LogP contribution in [0.25, 0.3) is 0 Å². The van der Waals surface area contributed by atoms with Gasteiger partial charge in [0.1, 0.15) is 0 Å². The summed E-state index contributed by atoms with van der Waals surface area (Å²) in [5, 5.41) is 3.42. The van der Waals surface area contributed by atoms with Gasteiger partial charge in [0, 0.05) is 13.2 Å². The molecule has 0 spiro atoms. The average Bonchev–Trinajstić information content (AvgIpc) is 1.94. The fraction of sp³-hybridized carbons (Fsp3) is 1.00. The minimum Gasteiger partial charge on any atom is -0.380 e. The lowest BCUT2D eigenvalue weighted by Gasteiger charge is -2.32. The van der Waals surface area contributed by atoms with Gasteiger partial charge in [0.25, 0.3) is 0 Å². The summed E-state index contributed by atoms with van der Waals surface area (Å²) in [4.78, 5) is 0. The number of hydrogen-bond acceptors (Lipinski definition) is 3. The molecule has 11 heavy (non-hydrogen) atoms. The third kappa shape index (κ3) is 2.43. The second-order valence-corrected chi connectivity index (χ2v) is 3.13. The lowest BCUT2D eigenvalue weighted by molar-refractivity contribution is -0.0203. The Morgan fingerprint density at radius 1 is 1.45 bits per heavy atom. The van der Waals surface area contributed by atoms with Crippen molar-refractivity contribution in [2.24, 2.45) is 0 Å². The highest BCUT2D eigenvalue weighted by molar-refractivity contribution is 4.79. The van der Waals surface area contributed by atoms with E-state index < -0.39 is 0 Å². The quantitative estimate of drug-likeness (QED) is 0.644. The Morgan fingerprint density at radius 3 is 2.45 bits per heavy atom. The Hall–Kier alpha value is -0.120. The van der Waals surface area contributed by atoms with E-state index >= 15 is 0 Å². The lowest BCUT2D eigenvalue weighted by Crippen LogP contribution is -2.52. The first kappa shape index (κ1) is 8.97. The van der Waals surface area contributed by atoms with Crippen molar-refractivity contribution in [3.8, 4) is 0 Å². The molecular formula is C8H17NO2. The van der Waals surface area contributed by atoms with E-state index in [1.54, 1.807) is 7.11 Å². The van der Waals surface area contributed by atoms with Crippen LogP contribution in [0, 0.1) is 0 Å². The van der Waals surface area contributed by atoms with Crippen LogP contribution in [0.15, 0.2) is 0 Å². The topological polar surface area (TPSA) is 30.5 Å². The van der Waals surface area contributed by atoms with E-state index in [2.05, 4.69) is 19.2 Å². The summed E-state index contributed by atoms with van der Waals surface area (Å²) in [6.45, 7) is 5.89. The molecule has 1 N–H and O–H groups in total. The van der Waals surface area contributed by atoms with Crippen LogP contribution in [0.3, 0.4) is 0 Å². The molecule has 1 rings (SSSR count). The van der Waals surface area contributed by atoms with Crippen LogP contribution >= 0.6 is 0 Å². The molecule has 2 unspecified atom stereocenters. The molecule has 0 aliphatic carbocycles. The molecule has 1 saturated heterocycles. The standard InChI is InChI=1S/C8H17NO2/c1-6(7(2)10-3)9-8-4-11-5-8/h6-9H,4-5H2,1-3H3. The van der Waals surface area contributed by atoms with Crippen molar-refractivity contribution in [2.75, 3.05) is 20.3 Å². The van der Waals surface area contributed by atoms with Crippen molar-refractivity contribution >= 4 is 0 Å². The molecule has 0 aromatic rings. The molecule has 0 bridgehead atoms. The maximum absolute atomic E-state index is 5.18. The zero-order valence-electron chi connectivity index (χ0n) is 7.46. The van der Waals surface area contributed by atoms with Crippen LogP contribution in [0.4, 0.5) is 0 Å². The maximum Gasteiger partial charge on any atom is 0.0693 e. The van der Waals surface area contributed by atoms with Crippen LogP contribution in [0.5, 0.6) is 0 Å². The van der Waals surface area contributed by atoms with Gasteiger partial charge in [0.2, 0.25) is 0 Å². The summed E-state index contributed by atoms with van der Waals surface area (Å²) >= 11 is 0. The van der Waals surface area contributed by atoms with Crippen LogP contribution < -0.4 is 5.32 Å². The first-order valence-corrected chi connectivity index (χ1v) is 4.10. The van der Waals surface area contributed by atoms with Gasteiger partial charge in [-0.05, 0) is 13.8 Å². The van der Waals surface area contributed by atoms with Gasteiger partial charge in [-0.3, -0.25) is 0 Å². The molecule has 1 aliphatic rings. The second kappa shape index (κ2) is 4.04. The second-order valence-electron chi connectivity index (χ2n) is 3.13. The molecule has 0 saturated carbocycles. The summed E-state index contributed by atoms with van der Waals surface area (Å²) < 4.78 is 10.2. The molecule has 0 amide bonds. The lowest BCUT2D eigenvalue weighted by atomic mass is 10.1. The third-order valence-electron chi connectivity index (χ3n) is 2.21. The van der Waals surface area contributed by atoms with Gasteiger partial charge >= 0.3 is 0 Å². The van der Waals surface area contributed by atoms with Crippen LogP contribution in [-0.2, 0) is 9.47 Å². The van der Waals surface area contributed by atoms with Crippen molar-refractivity contribution in [3.05, 3.63) is 0 Å². The number of methoxy groups -OCH3 is 1. The summed E-state index contributed by atoms with van der Waals surface area (Å²) in [5.41, 5.74) is 0. The molecule has 2 atom stereocenters. The van der Waals surface area contributed by atoms with Crippen molar-refractivity contribution in [1.82, 2.24) is 5.32 Å². The van der Waals surface area contributed by atoms with E-state index in [0.29, 0.717) is 12.1 Å². The van der Waals surface area contributed by atoms with E-state index in [0.717, 1.165) is 13.2 Å². The molecule has 3 nitrogen and oxygen atoms in total. The first-order valence-electron chi connectivity index (χ1n) is 4.10. The summed E-state index contributed by atoms with van der Waals surface area (Å²) in [6, 6.07) is 0.955. The van der Waals surface area contributed by atoms with Gasteiger partial charge in [-0.25, -0.2) is 0 Å². The minimum absolute atomic E-state index is 0.274. The van der Waals surface area contributed by atoms with Gasteiger partial charge in [0.05, 0.1) is 25.4 Å². The molecule has 1 aliphatic heterocycles. The first-order chi connectivity index (χ1) is 5.24. The highest BCUT2D eigenvalue weighted by Gasteiger charge is 2.22. The van der Waals surface area contributed by atoms with E-state index in [-0.39, 0.29) is 6.10 Å². The molecule has 1 fully saturated rings. The molecule has 3 heteroatoms. The zero-order valence-corrected chi connectivity index (χ0v) is 7.46. The highest BCUT2D eigenvalue weighted by Crippen LogP contribution is 2.04. The van der Waals surface area contributed by atoms with Crippen LogP contribution in [0.2, 0.25) is 0 Å². The van der Waals surface area contributed by atoms with Gasteiger partial charge in [-0.2, -0.15) is 0 Å². The van der Waals surface area contributed by atoms with Crippen molar-refractivity contribution in [1.29, 1.82) is 0 Å². The molecule has 66 valence electrons. The maximum atomic E-state index is 5.18. The number of rotatable bonds is 4. The number of hydrogen-bond donors (Lipinski definition) is 1. The van der Waals surface area contributed by atoms with Crippen molar-refractivity contribution < 1.29 is 9.47 Å². The predicted molar refractivity (Wildman–Crippen MR) is 43.7 cm³/mol. The Morgan fingerprint density at radius 2 is 2.09 bits per heavy atom. The van der Waals surface area contributed by atoms with Crippen LogP contribution in [0.1, 0.15) is 13.8 Å². The van der Waals surface area contributed by atoms with Gasteiger partial charge < -0.3 is 14.8 Å². The third-order valence-corrected chi connectivity index (χ3v) is 2.21. The predicted octanol–water partition coefficient (Wildman–Crippen LogP) is 0.398. The van der Waals surface area contributed by atoms with Gasteiger partial charge in [0.15, 0.2) is 0 Å². The Bertz CT molecular complexity index is 115. The van der Waals surface area contributed by atoms with Gasteiger partial charge in [-0.15, -0.1) is 0 Å². The zero-order chi connectivity index (χ0) is 8.27. The van der Waals surface area contributed by atoms with Crippen molar-refractivity contribution in [2.45, 2.75) is 32.0 Å².